The third-order valence-corrected chi connectivity index (χ3v) is 11.1. The molecule has 0 saturated carbocycles. The van der Waals surface area contributed by atoms with Gasteiger partial charge in [-0.05, 0) is 88.0 Å². The molecule has 2 aromatic heterocycles. The van der Waals surface area contributed by atoms with Crippen LogP contribution in [0.25, 0.3) is 88.4 Å². The van der Waals surface area contributed by atoms with Gasteiger partial charge in [-0.2, -0.15) is 0 Å². The standard InChI is InChI=1S/C54H35NO2/c1-3-13-36(14-4-1)38-23-25-40(26-24-38)53-48(32-34-52-54(53)45-19-9-12-22-50(45)57-52)55(42-30-27-39(28-31-42)37-15-5-2-6-16-37)47-20-10-7-17-43(47)41-29-33-51-46(35-41)44-18-8-11-21-49(44)56-51/h1-35H. The van der Waals surface area contributed by atoms with Crippen LogP contribution < -0.4 is 4.90 Å². The SMILES string of the molecule is c1ccc(-c2ccc(-c3c(N(c4ccc(-c5ccccc5)cc4)c4ccccc4-c4ccc5oc6ccccc6c5c4)ccc4oc5ccccc5c34)cc2)cc1. The zero-order valence-corrected chi connectivity index (χ0v) is 31.0. The van der Waals surface area contributed by atoms with Crippen molar-refractivity contribution in [2.45, 2.75) is 0 Å². The van der Waals surface area contributed by atoms with Crippen molar-refractivity contribution in [1.29, 1.82) is 0 Å². The number of rotatable bonds is 7. The highest BCUT2D eigenvalue weighted by Gasteiger charge is 2.25. The zero-order chi connectivity index (χ0) is 37.7. The fourth-order valence-corrected chi connectivity index (χ4v) is 8.39. The molecule has 0 bridgehead atoms. The molecule has 0 fully saturated rings. The molecule has 2 heterocycles. The van der Waals surface area contributed by atoms with E-state index in [9.17, 15) is 0 Å². The van der Waals surface area contributed by atoms with E-state index in [1.54, 1.807) is 0 Å². The normalized spacial score (nSPS) is 11.5. The molecule has 268 valence electrons. The largest absolute Gasteiger partial charge is 0.456 e. The number of furan rings is 2. The Kier molecular flexibility index (Phi) is 7.82. The number of benzene rings is 9. The summed E-state index contributed by atoms with van der Waals surface area (Å²) in [6.45, 7) is 0. The Labute approximate surface area is 330 Å². The monoisotopic (exact) mass is 729 g/mol. The van der Waals surface area contributed by atoms with Gasteiger partial charge in [-0.3, -0.25) is 0 Å². The average molecular weight is 730 g/mol. The van der Waals surface area contributed by atoms with E-state index in [1.807, 2.05) is 18.2 Å². The summed E-state index contributed by atoms with van der Waals surface area (Å²) in [5.41, 5.74) is 15.8. The van der Waals surface area contributed by atoms with Crippen LogP contribution in [-0.4, -0.2) is 0 Å². The smallest absolute Gasteiger partial charge is 0.136 e. The molecule has 3 nitrogen and oxygen atoms in total. The van der Waals surface area contributed by atoms with E-state index in [4.69, 9.17) is 8.83 Å². The minimum Gasteiger partial charge on any atom is -0.456 e. The van der Waals surface area contributed by atoms with Crippen molar-refractivity contribution in [3.63, 3.8) is 0 Å². The van der Waals surface area contributed by atoms with E-state index >= 15 is 0 Å². The van der Waals surface area contributed by atoms with Gasteiger partial charge in [0.1, 0.15) is 22.3 Å². The summed E-state index contributed by atoms with van der Waals surface area (Å²) in [5, 5.41) is 4.38. The van der Waals surface area contributed by atoms with E-state index in [-0.39, 0.29) is 0 Å². The molecular formula is C54H35NO2. The zero-order valence-electron chi connectivity index (χ0n) is 31.0. The van der Waals surface area contributed by atoms with Crippen molar-refractivity contribution < 1.29 is 8.83 Å². The molecule has 0 atom stereocenters. The lowest BCUT2D eigenvalue weighted by atomic mass is 9.93. The van der Waals surface area contributed by atoms with Gasteiger partial charge in [0.05, 0.1) is 11.4 Å². The summed E-state index contributed by atoms with van der Waals surface area (Å²) in [4.78, 5) is 2.42. The molecule has 3 heteroatoms. The van der Waals surface area contributed by atoms with Crippen LogP contribution in [0.5, 0.6) is 0 Å². The number of nitrogens with zero attached hydrogens (tertiary/aromatic N) is 1. The Bertz CT molecular complexity index is 3210. The topological polar surface area (TPSA) is 29.5 Å². The van der Waals surface area contributed by atoms with Gasteiger partial charge < -0.3 is 13.7 Å². The highest BCUT2D eigenvalue weighted by atomic mass is 16.3. The average Bonchev–Trinajstić information content (AvgIpc) is 3.86. The minimum absolute atomic E-state index is 0.854. The van der Waals surface area contributed by atoms with Crippen molar-refractivity contribution in [1.82, 2.24) is 0 Å². The third kappa shape index (κ3) is 5.68. The number of anilines is 3. The van der Waals surface area contributed by atoms with E-state index in [0.29, 0.717) is 0 Å². The lowest BCUT2D eigenvalue weighted by molar-refractivity contribution is 0.668. The summed E-state index contributed by atoms with van der Waals surface area (Å²) in [7, 11) is 0. The van der Waals surface area contributed by atoms with Gasteiger partial charge in [-0.25, -0.2) is 0 Å². The van der Waals surface area contributed by atoms with E-state index < -0.39 is 0 Å². The molecular weight excluding hydrogens is 695 g/mol. The lowest BCUT2D eigenvalue weighted by Gasteiger charge is -2.30. The van der Waals surface area contributed by atoms with Crippen LogP contribution in [-0.2, 0) is 0 Å². The molecule has 57 heavy (non-hydrogen) atoms. The van der Waals surface area contributed by atoms with Gasteiger partial charge in [0.15, 0.2) is 0 Å². The van der Waals surface area contributed by atoms with Gasteiger partial charge in [0, 0.05) is 38.4 Å². The molecule has 11 aromatic rings. The second-order valence-electron chi connectivity index (χ2n) is 14.4. The van der Waals surface area contributed by atoms with Gasteiger partial charge in [-0.15, -0.1) is 0 Å². The maximum absolute atomic E-state index is 6.55. The molecule has 0 aliphatic carbocycles. The van der Waals surface area contributed by atoms with Gasteiger partial charge in [-0.1, -0.05) is 158 Å². The van der Waals surface area contributed by atoms with Crippen LogP contribution in [0.1, 0.15) is 0 Å². The maximum atomic E-state index is 6.55. The predicted octanol–water partition coefficient (Wildman–Crippen LogP) is 15.6. The van der Waals surface area contributed by atoms with E-state index in [0.717, 1.165) is 88.8 Å². The Morgan fingerprint density at radius 2 is 0.789 bits per heavy atom. The highest BCUT2D eigenvalue weighted by Crippen LogP contribution is 2.49. The summed E-state index contributed by atoms with van der Waals surface area (Å²) in [6, 6.07) is 75.3. The van der Waals surface area contributed by atoms with Gasteiger partial charge in [0.2, 0.25) is 0 Å². The van der Waals surface area contributed by atoms with Crippen molar-refractivity contribution in [2.75, 3.05) is 4.90 Å². The molecule has 0 aliphatic rings. The fourth-order valence-electron chi connectivity index (χ4n) is 8.39. The molecule has 9 aromatic carbocycles. The summed E-state index contributed by atoms with van der Waals surface area (Å²) >= 11 is 0. The van der Waals surface area contributed by atoms with Crippen LogP contribution >= 0.6 is 0 Å². The van der Waals surface area contributed by atoms with Crippen molar-refractivity contribution in [2.24, 2.45) is 0 Å². The van der Waals surface area contributed by atoms with E-state index in [1.165, 1.54) is 16.7 Å². The Morgan fingerprint density at radius 3 is 1.51 bits per heavy atom. The molecule has 0 aliphatic heterocycles. The van der Waals surface area contributed by atoms with Gasteiger partial charge >= 0.3 is 0 Å². The first kappa shape index (κ1) is 32.8. The highest BCUT2D eigenvalue weighted by molar-refractivity contribution is 6.17. The van der Waals surface area contributed by atoms with Crippen molar-refractivity contribution in [3.05, 3.63) is 212 Å². The number of para-hydroxylation sites is 3. The van der Waals surface area contributed by atoms with Crippen molar-refractivity contribution in [3.8, 4) is 44.5 Å². The molecule has 0 radical (unpaired) electrons. The predicted molar refractivity (Wildman–Crippen MR) is 237 cm³/mol. The number of fused-ring (bicyclic) bond motifs is 6. The molecule has 0 spiro atoms. The second-order valence-corrected chi connectivity index (χ2v) is 14.4. The third-order valence-electron chi connectivity index (χ3n) is 11.1. The first-order valence-corrected chi connectivity index (χ1v) is 19.3. The molecule has 11 rings (SSSR count). The fraction of sp³-hybridized carbons (Fsp3) is 0. The van der Waals surface area contributed by atoms with Crippen LogP contribution in [0.15, 0.2) is 221 Å². The molecule has 0 N–H and O–H groups in total. The Morgan fingerprint density at radius 1 is 0.298 bits per heavy atom. The Balaban J connectivity index is 1.17. The minimum atomic E-state index is 0.854. The quantitative estimate of drug-likeness (QED) is 0.164. The first-order valence-electron chi connectivity index (χ1n) is 19.3. The molecule has 0 unspecified atom stereocenters. The van der Waals surface area contributed by atoms with Crippen molar-refractivity contribution >= 4 is 60.9 Å². The van der Waals surface area contributed by atoms with Crippen LogP contribution in [0.4, 0.5) is 17.1 Å². The molecule has 0 saturated heterocycles. The lowest BCUT2D eigenvalue weighted by Crippen LogP contribution is -2.12. The molecule has 0 amide bonds. The summed E-state index contributed by atoms with van der Waals surface area (Å²) in [6.07, 6.45) is 0. The number of hydrogen-bond acceptors (Lipinski definition) is 3. The second kappa shape index (κ2) is 13.6. The van der Waals surface area contributed by atoms with Crippen LogP contribution in [0, 0.1) is 0 Å². The Hall–Kier alpha value is -7.62. The van der Waals surface area contributed by atoms with Crippen LogP contribution in [0.3, 0.4) is 0 Å². The summed E-state index contributed by atoms with van der Waals surface area (Å²) < 4.78 is 12.8. The van der Waals surface area contributed by atoms with Crippen LogP contribution in [0.2, 0.25) is 0 Å². The first-order chi connectivity index (χ1) is 28.3. The van der Waals surface area contributed by atoms with E-state index in [2.05, 4.69) is 199 Å². The number of hydrogen-bond donors (Lipinski definition) is 0. The van der Waals surface area contributed by atoms with Gasteiger partial charge in [0.25, 0.3) is 0 Å². The maximum Gasteiger partial charge on any atom is 0.136 e. The summed E-state index contributed by atoms with van der Waals surface area (Å²) in [5.74, 6) is 0.